The maximum atomic E-state index is 5.52. The van der Waals surface area contributed by atoms with Crippen molar-refractivity contribution in [2.24, 2.45) is 0 Å². The molecule has 0 aliphatic carbocycles. The summed E-state index contributed by atoms with van der Waals surface area (Å²) in [6, 6.07) is 10.1. The summed E-state index contributed by atoms with van der Waals surface area (Å²) < 4.78 is 7.24. The lowest BCUT2D eigenvalue weighted by atomic mass is 10.3. The second-order valence-electron chi connectivity index (χ2n) is 4.62. The molecule has 3 heterocycles. The molecule has 9 heteroatoms. The molecular weight excluding hydrogens is 314 g/mol. The molecule has 23 heavy (non-hydrogen) atoms. The van der Waals surface area contributed by atoms with Gasteiger partial charge in [0.2, 0.25) is 0 Å². The fraction of sp³-hybridized carbons (Fsp3) is 0.0714. The SMILES string of the molecule is c1ccc(-n2cc(CNc3nnc(-c4cncs4)o3)nn2)cc1. The van der Waals surface area contributed by atoms with Crippen molar-refractivity contribution in [1.29, 1.82) is 0 Å². The van der Waals surface area contributed by atoms with Gasteiger partial charge in [-0.25, -0.2) is 4.68 Å². The molecule has 0 bridgehead atoms. The number of nitrogens with one attached hydrogen (secondary N) is 1. The Bertz CT molecular complexity index is 885. The summed E-state index contributed by atoms with van der Waals surface area (Å²) in [6.07, 6.45) is 3.54. The number of thiazole rings is 1. The number of para-hydroxylation sites is 1. The first-order valence-electron chi connectivity index (χ1n) is 6.81. The molecule has 1 aromatic carbocycles. The number of rotatable bonds is 5. The minimum Gasteiger partial charge on any atom is -0.402 e. The fourth-order valence-electron chi connectivity index (χ4n) is 1.97. The van der Waals surface area contributed by atoms with E-state index >= 15 is 0 Å². The zero-order valence-corrected chi connectivity index (χ0v) is 12.6. The van der Waals surface area contributed by atoms with Gasteiger partial charge in [0.1, 0.15) is 10.6 Å². The number of benzene rings is 1. The first-order valence-corrected chi connectivity index (χ1v) is 7.69. The summed E-state index contributed by atoms with van der Waals surface area (Å²) in [7, 11) is 0. The van der Waals surface area contributed by atoms with Gasteiger partial charge in [0.15, 0.2) is 0 Å². The summed E-state index contributed by atoms with van der Waals surface area (Å²) in [5, 5.41) is 19.2. The monoisotopic (exact) mass is 325 g/mol. The van der Waals surface area contributed by atoms with Crippen molar-refractivity contribution in [3.63, 3.8) is 0 Å². The van der Waals surface area contributed by atoms with E-state index in [1.165, 1.54) is 11.3 Å². The molecule has 0 saturated carbocycles. The van der Waals surface area contributed by atoms with Crippen LogP contribution in [0.3, 0.4) is 0 Å². The van der Waals surface area contributed by atoms with Gasteiger partial charge in [-0.1, -0.05) is 28.5 Å². The molecule has 0 aliphatic heterocycles. The first-order chi connectivity index (χ1) is 11.4. The molecular formula is C14H11N7OS. The lowest BCUT2D eigenvalue weighted by Crippen LogP contribution is -1.99. The molecule has 114 valence electrons. The maximum Gasteiger partial charge on any atom is 0.316 e. The number of hydrogen-bond donors (Lipinski definition) is 1. The first kappa shape index (κ1) is 13.6. The number of hydrogen-bond acceptors (Lipinski definition) is 8. The van der Waals surface area contributed by atoms with Crippen LogP contribution in [0.5, 0.6) is 0 Å². The predicted octanol–water partition coefficient (Wildman–Crippen LogP) is 2.39. The molecule has 0 fully saturated rings. The molecule has 0 aliphatic rings. The van der Waals surface area contributed by atoms with E-state index in [0.717, 1.165) is 16.3 Å². The Morgan fingerprint density at radius 3 is 2.87 bits per heavy atom. The molecule has 4 rings (SSSR count). The van der Waals surface area contributed by atoms with Crippen LogP contribution in [-0.4, -0.2) is 30.2 Å². The third-order valence-corrected chi connectivity index (χ3v) is 3.81. The van der Waals surface area contributed by atoms with E-state index < -0.39 is 0 Å². The standard InChI is InChI=1S/C14H11N7OS/c1-2-4-11(5-3-1)21-8-10(17-20-21)6-16-14-19-18-13(22-14)12-7-15-9-23-12/h1-5,7-9H,6H2,(H,16,19). The Morgan fingerprint density at radius 1 is 1.13 bits per heavy atom. The van der Waals surface area contributed by atoms with Crippen LogP contribution in [0.2, 0.25) is 0 Å². The molecule has 1 N–H and O–H groups in total. The Morgan fingerprint density at radius 2 is 2.04 bits per heavy atom. The average molecular weight is 325 g/mol. The van der Waals surface area contributed by atoms with Crippen LogP contribution in [0, 0.1) is 0 Å². The van der Waals surface area contributed by atoms with Crippen molar-refractivity contribution < 1.29 is 4.42 Å². The Labute approximate surface area is 134 Å². The van der Waals surface area contributed by atoms with Crippen LogP contribution in [0.4, 0.5) is 6.01 Å². The molecule has 3 aromatic heterocycles. The highest BCUT2D eigenvalue weighted by Crippen LogP contribution is 2.23. The lowest BCUT2D eigenvalue weighted by Gasteiger charge is -1.98. The third-order valence-electron chi connectivity index (χ3n) is 3.05. The normalized spacial score (nSPS) is 10.8. The van der Waals surface area contributed by atoms with Crippen LogP contribution in [0.25, 0.3) is 16.5 Å². The van der Waals surface area contributed by atoms with Crippen molar-refractivity contribution >= 4 is 17.4 Å². The number of anilines is 1. The van der Waals surface area contributed by atoms with E-state index in [1.54, 1.807) is 16.4 Å². The van der Waals surface area contributed by atoms with Crippen LogP contribution >= 0.6 is 11.3 Å². The molecule has 0 amide bonds. The molecule has 0 atom stereocenters. The lowest BCUT2D eigenvalue weighted by molar-refractivity contribution is 0.581. The van der Waals surface area contributed by atoms with Crippen molar-refractivity contribution in [3.05, 3.63) is 53.9 Å². The minimum atomic E-state index is 0.336. The second kappa shape index (κ2) is 5.97. The molecule has 0 unspecified atom stereocenters. The molecule has 0 spiro atoms. The van der Waals surface area contributed by atoms with E-state index in [9.17, 15) is 0 Å². The van der Waals surface area contributed by atoms with E-state index in [2.05, 4.69) is 30.8 Å². The third kappa shape index (κ3) is 2.94. The predicted molar refractivity (Wildman–Crippen MR) is 84.1 cm³/mol. The van der Waals surface area contributed by atoms with E-state index in [1.807, 2.05) is 36.5 Å². The minimum absolute atomic E-state index is 0.336. The topological polar surface area (TPSA) is 94.6 Å². The highest BCUT2D eigenvalue weighted by Gasteiger charge is 2.10. The van der Waals surface area contributed by atoms with Crippen LogP contribution in [0.15, 0.2) is 52.7 Å². The summed E-state index contributed by atoms with van der Waals surface area (Å²) in [6.45, 7) is 0.442. The molecule has 0 saturated heterocycles. The Balaban J connectivity index is 1.43. The van der Waals surface area contributed by atoms with Gasteiger partial charge in [-0.3, -0.25) is 4.98 Å². The number of aromatic nitrogens is 6. The zero-order chi connectivity index (χ0) is 15.5. The van der Waals surface area contributed by atoms with Gasteiger partial charge >= 0.3 is 6.01 Å². The van der Waals surface area contributed by atoms with Crippen LogP contribution < -0.4 is 5.32 Å². The van der Waals surface area contributed by atoms with Gasteiger partial charge in [0.25, 0.3) is 5.89 Å². The largest absolute Gasteiger partial charge is 0.402 e. The highest BCUT2D eigenvalue weighted by atomic mass is 32.1. The average Bonchev–Trinajstić information content (AvgIpc) is 3.33. The summed E-state index contributed by atoms with van der Waals surface area (Å²) in [5.41, 5.74) is 3.44. The van der Waals surface area contributed by atoms with Crippen molar-refractivity contribution in [1.82, 2.24) is 30.2 Å². The molecule has 4 aromatic rings. The Hall–Kier alpha value is -3.07. The smallest absolute Gasteiger partial charge is 0.316 e. The number of nitrogens with zero attached hydrogens (tertiary/aromatic N) is 6. The summed E-state index contributed by atoms with van der Waals surface area (Å²) in [5.74, 6) is 0.447. The van der Waals surface area contributed by atoms with Gasteiger partial charge < -0.3 is 9.73 Å². The zero-order valence-electron chi connectivity index (χ0n) is 11.8. The molecule has 0 radical (unpaired) electrons. The van der Waals surface area contributed by atoms with Crippen LogP contribution in [0.1, 0.15) is 5.69 Å². The maximum absolute atomic E-state index is 5.52. The van der Waals surface area contributed by atoms with Gasteiger partial charge in [-0.15, -0.1) is 21.5 Å². The van der Waals surface area contributed by atoms with Gasteiger partial charge in [0, 0.05) is 0 Å². The van der Waals surface area contributed by atoms with Gasteiger partial charge in [0.05, 0.1) is 30.1 Å². The van der Waals surface area contributed by atoms with E-state index in [0.29, 0.717) is 18.5 Å². The Kier molecular flexibility index (Phi) is 3.53. The van der Waals surface area contributed by atoms with E-state index in [4.69, 9.17) is 4.42 Å². The van der Waals surface area contributed by atoms with Crippen LogP contribution in [-0.2, 0) is 6.54 Å². The van der Waals surface area contributed by atoms with E-state index in [-0.39, 0.29) is 0 Å². The fourth-order valence-corrected chi connectivity index (χ4v) is 2.51. The van der Waals surface area contributed by atoms with Crippen molar-refractivity contribution in [2.75, 3.05) is 5.32 Å². The quantitative estimate of drug-likeness (QED) is 0.602. The second-order valence-corrected chi connectivity index (χ2v) is 5.51. The van der Waals surface area contributed by atoms with Gasteiger partial charge in [-0.2, -0.15) is 0 Å². The highest BCUT2D eigenvalue weighted by molar-refractivity contribution is 7.13. The summed E-state index contributed by atoms with van der Waals surface area (Å²) in [4.78, 5) is 4.82. The van der Waals surface area contributed by atoms with Gasteiger partial charge in [-0.05, 0) is 12.1 Å². The van der Waals surface area contributed by atoms with Crippen molar-refractivity contribution in [3.8, 4) is 16.5 Å². The summed E-state index contributed by atoms with van der Waals surface area (Å²) >= 11 is 1.44. The molecule has 8 nitrogen and oxygen atoms in total. The van der Waals surface area contributed by atoms with Crippen molar-refractivity contribution in [2.45, 2.75) is 6.54 Å².